The van der Waals surface area contributed by atoms with E-state index >= 15 is 0 Å². The maximum atomic E-state index is 6.21. The maximum Gasteiger partial charge on any atom is 0.151 e. The summed E-state index contributed by atoms with van der Waals surface area (Å²) in [5, 5.41) is 13.3. The lowest BCUT2D eigenvalue weighted by atomic mass is 9.81. The van der Waals surface area contributed by atoms with Crippen LogP contribution in [0, 0.1) is 0 Å². The van der Waals surface area contributed by atoms with Crippen molar-refractivity contribution in [1.82, 2.24) is 30.0 Å². The third kappa shape index (κ3) is 3.13. The fourth-order valence-corrected chi connectivity index (χ4v) is 4.52. The van der Waals surface area contributed by atoms with Crippen molar-refractivity contribution < 1.29 is 0 Å². The smallest absolute Gasteiger partial charge is 0.151 e. The maximum absolute atomic E-state index is 6.21. The van der Waals surface area contributed by atoms with Crippen molar-refractivity contribution in [3.8, 4) is 5.69 Å². The first-order chi connectivity index (χ1) is 13.3. The molecule has 1 aliphatic heterocycles. The van der Waals surface area contributed by atoms with Gasteiger partial charge >= 0.3 is 0 Å². The van der Waals surface area contributed by atoms with E-state index in [1.807, 2.05) is 30.6 Å². The third-order valence-corrected chi connectivity index (χ3v) is 5.91. The molecule has 6 nitrogen and oxygen atoms in total. The van der Waals surface area contributed by atoms with E-state index in [2.05, 4.69) is 36.1 Å². The first-order valence-corrected chi connectivity index (χ1v) is 9.88. The highest BCUT2D eigenvalue weighted by Gasteiger charge is 2.30. The van der Waals surface area contributed by atoms with E-state index in [0.717, 1.165) is 60.4 Å². The van der Waals surface area contributed by atoms with Gasteiger partial charge in [0.25, 0.3) is 0 Å². The Morgan fingerprint density at radius 2 is 1.74 bits per heavy atom. The number of hydrogen-bond acceptors (Lipinski definition) is 5. The average Bonchev–Trinajstić information content (AvgIpc) is 3.04. The van der Waals surface area contributed by atoms with Crippen LogP contribution in [0.25, 0.3) is 5.69 Å². The van der Waals surface area contributed by atoms with Crippen LogP contribution in [0.1, 0.15) is 60.6 Å². The summed E-state index contributed by atoms with van der Waals surface area (Å²) in [6.07, 6.45) is 8.00. The van der Waals surface area contributed by atoms with Gasteiger partial charge in [-0.25, -0.2) is 9.97 Å². The summed E-state index contributed by atoms with van der Waals surface area (Å²) in [4.78, 5) is 8.89. The van der Waals surface area contributed by atoms with Crippen LogP contribution < -0.4 is 5.32 Å². The minimum Gasteiger partial charge on any atom is -0.306 e. The van der Waals surface area contributed by atoms with Gasteiger partial charge in [-0.1, -0.05) is 11.6 Å². The summed E-state index contributed by atoms with van der Waals surface area (Å²) in [6.45, 7) is 1.50. The normalized spacial score (nSPS) is 22.0. The molecule has 5 rings (SSSR count). The molecule has 0 atom stereocenters. The largest absolute Gasteiger partial charge is 0.306 e. The van der Waals surface area contributed by atoms with Gasteiger partial charge < -0.3 is 5.32 Å². The molecule has 0 spiro atoms. The quantitative estimate of drug-likeness (QED) is 0.733. The molecule has 27 heavy (non-hydrogen) atoms. The van der Waals surface area contributed by atoms with Crippen LogP contribution in [0.5, 0.6) is 0 Å². The molecule has 0 unspecified atom stereocenters. The fraction of sp³-hybridized carbons (Fsp3) is 0.400. The molecule has 3 aromatic rings. The molecule has 0 amide bonds. The third-order valence-electron chi connectivity index (χ3n) is 5.68. The van der Waals surface area contributed by atoms with Gasteiger partial charge in [-0.2, -0.15) is 0 Å². The van der Waals surface area contributed by atoms with Crippen molar-refractivity contribution in [2.45, 2.75) is 50.6 Å². The van der Waals surface area contributed by atoms with Crippen molar-refractivity contribution in [2.75, 3.05) is 0 Å². The van der Waals surface area contributed by atoms with E-state index in [-0.39, 0.29) is 0 Å². The predicted molar refractivity (Wildman–Crippen MR) is 103 cm³/mol. The second-order valence-corrected chi connectivity index (χ2v) is 7.78. The van der Waals surface area contributed by atoms with Crippen molar-refractivity contribution >= 4 is 11.6 Å². The number of nitrogens with one attached hydrogen (secondary N) is 1. The van der Waals surface area contributed by atoms with E-state index < -0.39 is 0 Å². The molecule has 0 bridgehead atoms. The number of rotatable bonds is 2. The van der Waals surface area contributed by atoms with Gasteiger partial charge in [0, 0.05) is 35.8 Å². The molecule has 2 aliphatic rings. The van der Waals surface area contributed by atoms with Gasteiger partial charge in [0.05, 0.1) is 12.2 Å². The van der Waals surface area contributed by atoms with E-state index in [1.165, 1.54) is 5.56 Å². The molecule has 0 radical (unpaired) electrons. The zero-order valence-electron chi connectivity index (χ0n) is 15.0. The monoisotopic (exact) mass is 380 g/mol. The standard InChI is InChI=1S/C20H21ClN6/c21-16-6-7-17-15(10-16)11-22-12-18-25-26-20(27(17)18)14-4-2-13(3-5-14)19-23-8-1-9-24-19/h1,6-10,13-14,22H,2-5,11-12H2/t13-,14-. The molecule has 1 fully saturated rings. The van der Waals surface area contributed by atoms with E-state index in [4.69, 9.17) is 11.6 Å². The number of fused-ring (bicyclic) bond motifs is 3. The van der Waals surface area contributed by atoms with Gasteiger partial charge in [0.1, 0.15) is 11.6 Å². The highest BCUT2D eigenvalue weighted by molar-refractivity contribution is 6.30. The molecular weight excluding hydrogens is 360 g/mol. The zero-order chi connectivity index (χ0) is 18.2. The van der Waals surface area contributed by atoms with Crippen LogP contribution >= 0.6 is 11.6 Å². The fourth-order valence-electron chi connectivity index (χ4n) is 4.33. The molecule has 1 aromatic carbocycles. The molecule has 1 N–H and O–H groups in total. The molecule has 3 heterocycles. The zero-order valence-corrected chi connectivity index (χ0v) is 15.7. The summed E-state index contributed by atoms with van der Waals surface area (Å²) in [7, 11) is 0. The average molecular weight is 381 g/mol. The Bertz CT molecular complexity index is 946. The van der Waals surface area contributed by atoms with Crippen LogP contribution in [-0.2, 0) is 13.1 Å². The summed E-state index contributed by atoms with van der Waals surface area (Å²) in [5.41, 5.74) is 2.33. The summed E-state index contributed by atoms with van der Waals surface area (Å²) < 4.78 is 2.25. The molecule has 7 heteroatoms. The predicted octanol–water partition coefficient (Wildman–Crippen LogP) is 3.76. The highest BCUT2D eigenvalue weighted by Crippen LogP contribution is 2.40. The Balaban J connectivity index is 1.44. The number of halogens is 1. The molecule has 2 aromatic heterocycles. The van der Waals surface area contributed by atoms with Crippen LogP contribution in [0.3, 0.4) is 0 Å². The molecule has 1 aliphatic carbocycles. The highest BCUT2D eigenvalue weighted by atomic mass is 35.5. The SMILES string of the molecule is Clc1ccc2c(c1)CNCc1nnc([C@H]3CC[C@H](c4ncccn4)CC3)n1-2. The van der Waals surface area contributed by atoms with Crippen molar-refractivity contribution in [2.24, 2.45) is 0 Å². The van der Waals surface area contributed by atoms with Crippen molar-refractivity contribution in [3.63, 3.8) is 0 Å². The lowest BCUT2D eigenvalue weighted by molar-refractivity contribution is 0.372. The van der Waals surface area contributed by atoms with Crippen LogP contribution in [0.15, 0.2) is 36.7 Å². The number of aromatic nitrogens is 5. The lowest BCUT2D eigenvalue weighted by Crippen LogP contribution is -2.18. The van der Waals surface area contributed by atoms with Crippen molar-refractivity contribution in [1.29, 1.82) is 0 Å². The second kappa shape index (κ2) is 7.02. The summed E-state index contributed by atoms with van der Waals surface area (Å²) in [5.74, 6) is 3.87. The second-order valence-electron chi connectivity index (χ2n) is 7.34. The summed E-state index contributed by atoms with van der Waals surface area (Å²) in [6, 6.07) is 7.94. The number of benzene rings is 1. The van der Waals surface area contributed by atoms with Gasteiger partial charge in [-0.05, 0) is 55.5 Å². The lowest BCUT2D eigenvalue weighted by Gasteiger charge is -2.27. The van der Waals surface area contributed by atoms with E-state index in [9.17, 15) is 0 Å². The van der Waals surface area contributed by atoms with Gasteiger partial charge in [0.15, 0.2) is 5.82 Å². The van der Waals surface area contributed by atoms with Gasteiger partial charge in [-0.15, -0.1) is 10.2 Å². The Morgan fingerprint density at radius 1 is 0.963 bits per heavy atom. The minimum atomic E-state index is 0.410. The van der Waals surface area contributed by atoms with E-state index in [0.29, 0.717) is 18.4 Å². The van der Waals surface area contributed by atoms with Crippen molar-refractivity contribution in [3.05, 3.63) is 64.7 Å². The topological polar surface area (TPSA) is 68.5 Å². The van der Waals surface area contributed by atoms with E-state index in [1.54, 1.807) is 0 Å². The van der Waals surface area contributed by atoms with Crippen LogP contribution in [-0.4, -0.2) is 24.7 Å². The van der Waals surface area contributed by atoms with Crippen LogP contribution in [0.4, 0.5) is 0 Å². The van der Waals surface area contributed by atoms with Gasteiger partial charge in [-0.3, -0.25) is 4.57 Å². The number of hydrogen-bond donors (Lipinski definition) is 1. The Morgan fingerprint density at radius 3 is 2.56 bits per heavy atom. The van der Waals surface area contributed by atoms with Crippen LogP contribution in [0.2, 0.25) is 5.02 Å². The molecular formula is C20H21ClN6. The minimum absolute atomic E-state index is 0.410. The first-order valence-electron chi connectivity index (χ1n) is 9.50. The Kier molecular flexibility index (Phi) is 4.38. The first kappa shape index (κ1) is 16.8. The molecule has 0 saturated heterocycles. The molecule has 1 saturated carbocycles. The van der Waals surface area contributed by atoms with Gasteiger partial charge in [0.2, 0.25) is 0 Å². The summed E-state index contributed by atoms with van der Waals surface area (Å²) >= 11 is 6.21. The molecule has 138 valence electrons. The Labute approximate surface area is 163 Å². The Hall–Kier alpha value is -2.31. The number of nitrogens with zero attached hydrogens (tertiary/aromatic N) is 5.